The highest BCUT2D eigenvalue weighted by atomic mass is 19.3. The van der Waals surface area contributed by atoms with Crippen LogP contribution in [0.2, 0.25) is 0 Å². The van der Waals surface area contributed by atoms with Gasteiger partial charge in [-0.2, -0.15) is 8.78 Å². The molecule has 3 nitrogen and oxygen atoms in total. The molecule has 0 saturated carbocycles. The molecule has 0 atom stereocenters. The van der Waals surface area contributed by atoms with Gasteiger partial charge < -0.3 is 4.74 Å². The first kappa shape index (κ1) is 13.1. The molecule has 0 N–H and O–H groups in total. The van der Waals surface area contributed by atoms with Gasteiger partial charge in [0.25, 0.3) is 0 Å². The Morgan fingerprint density at radius 3 is 2.68 bits per heavy atom. The predicted molar refractivity (Wildman–Crippen MR) is 65.5 cm³/mol. The van der Waals surface area contributed by atoms with Crippen LogP contribution in [0.15, 0.2) is 42.7 Å². The molecule has 5 heteroatoms. The van der Waals surface area contributed by atoms with E-state index in [1.54, 1.807) is 25.3 Å². The number of carbonyl (C=O) groups excluding carboxylic acids is 1. The molecule has 0 spiro atoms. The molecule has 0 radical (unpaired) electrons. The van der Waals surface area contributed by atoms with Gasteiger partial charge in [0.05, 0.1) is 5.56 Å². The van der Waals surface area contributed by atoms with Crippen molar-refractivity contribution in [2.45, 2.75) is 13.5 Å². The molecule has 1 aromatic carbocycles. The SMILES string of the molecule is Cc1cncc(C(=O)c2ccccc2OC(F)F)c1. The number of nitrogens with zero attached hydrogens (tertiary/aromatic N) is 1. The van der Waals surface area contributed by atoms with Crippen molar-refractivity contribution in [1.29, 1.82) is 0 Å². The summed E-state index contributed by atoms with van der Waals surface area (Å²) in [6.07, 6.45) is 3.01. The van der Waals surface area contributed by atoms with Crippen molar-refractivity contribution in [1.82, 2.24) is 4.98 Å². The van der Waals surface area contributed by atoms with Gasteiger partial charge in [0.1, 0.15) is 5.75 Å². The number of para-hydroxylation sites is 1. The third kappa shape index (κ3) is 3.13. The maximum atomic E-state index is 12.3. The highest BCUT2D eigenvalue weighted by molar-refractivity contribution is 6.10. The molecular weight excluding hydrogens is 252 g/mol. The van der Waals surface area contributed by atoms with Crippen LogP contribution in [-0.2, 0) is 0 Å². The van der Waals surface area contributed by atoms with Crippen molar-refractivity contribution >= 4 is 5.78 Å². The first-order valence-corrected chi connectivity index (χ1v) is 5.58. The summed E-state index contributed by atoms with van der Waals surface area (Å²) in [5.74, 6) is -0.531. The Labute approximate surface area is 108 Å². The number of aryl methyl sites for hydroxylation is 1. The van der Waals surface area contributed by atoms with Gasteiger partial charge in [0.15, 0.2) is 5.78 Å². The summed E-state index contributed by atoms with van der Waals surface area (Å²) < 4.78 is 28.9. The van der Waals surface area contributed by atoms with Gasteiger partial charge in [0, 0.05) is 18.0 Å². The molecule has 0 saturated heterocycles. The summed E-state index contributed by atoms with van der Waals surface area (Å²) in [6, 6.07) is 7.55. The zero-order valence-corrected chi connectivity index (χ0v) is 10.1. The molecule has 2 aromatic rings. The molecule has 0 bridgehead atoms. The van der Waals surface area contributed by atoms with E-state index < -0.39 is 12.4 Å². The second-order valence-corrected chi connectivity index (χ2v) is 3.95. The van der Waals surface area contributed by atoms with Crippen LogP contribution in [0.3, 0.4) is 0 Å². The highest BCUT2D eigenvalue weighted by Crippen LogP contribution is 2.23. The summed E-state index contributed by atoms with van der Waals surface area (Å²) in [4.78, 5) is 16.1. The molecule has 0 fully saturated rings. The summed E-state index contributed by atoms with van der Waals surface area (Å²) in [7, 11) is 0. The first-order chi connectivity index (χ1) is 9.08. The zero-order valence-electron chi connectivity index (χ0n) is 10.1. The zero-order chi connectivity index (χ0) is 13.8. The molecule has 98 valence electrons. The van der Waals surface area contributed by atoms with E-state index in [2.05, 4.69) is 9.72 Å². The standard InChI is InChI=1S/C14H11F2NO2/c1-9-6-10(8-17-7-9)13(18)11-4-2-3-5-12(11)19-14(15)16/h2-8,14H,1H3. The van der Waals surface area contributed by atoms with E-state index in [9.17, 15) is 13.6 Å². The minimum atomic E-state index is -2.97. The lowest BCUT2D eigenvalue weighted by molar-refractivity contribution is -0.0501. The number of aromatic nitrogens is 1. The third-order valence-corrected chi connectivity index (χ3v) is 2.48. The highest BCUT2D eigenvalue weighted by Gasteiger charge is 2.17. The smallest absolute Gasteiger partial charge is 0.387 e. The maximum Gasteiger partial charge on any atom is 0.387 e. The van der Waals surface area contributed by atoms with Crippen molar-refractivity contribution < 1.29 is 18.3 Å². The fraction of sp³-hybridized carbons (Fsp3) is 0.143. The van der Waals surface area contributed by atoms with Crippen LogP contribution < -0.4 is 4.74 Å². The number of hydrogen-bond donors (Lipinski definition) is 0. The molecule has 0 aliphatic rings. The Morgan fingerprint density at radius 1 is 1.26 bits per heavy atom. The van der Waals surface area contributed by atoms with Gasteiger partial charge in [-0.25, -0.2) is 0 Å². The van der Waals surface area contributed by atoms with Crippen LogP contribution in [0.5, 0.6) is 5.75 Å². The van der Waals surface area contributed by atoms with E-state index in [1.807, 2.05) is 0 Å². The summed E-state index contributed by atoms with van der Waals surface area (Å²) >= 11 is 0. The third-order valence-electron chi connectivity index (χ3n) is 2.48. The lowest BCUT2D eigenvalue weighted by Crippen LogP contribution is -2.09. The van der Waals surface area contributed by atoms with Crippen molar-refractivity contribution in [3.8, 4) is 5.75 Å². The predicted octanol–water partition coefficient (Wildman–Crippen LogP) is 3.22. The van der Waals surface area contributed by atoms with E-state index in [0.717, 1.165) is 5.56 Å². The molecule has 0 aliphatic heterocycles. The quantitative estimate of drug-likeness (QED) is 0.795. The molecule has 1 heterocycles. The minimum Gasteiger partial charge on any atom is -0.434 e. The molecule has 0 amide bonds. The van der Waals surface area contributed by atoms with Crippen molar-refractivity contribution in [3.05, 3.63) is 59.4 Å². The van der Waals surface area contributed by atoms with E-state index >= 15 is 0 Å². The van der Waals surface area contributed by atoms with Crippen LogP contribution in [0.1, 0.15) is 21.5 Å². The second-order valence-electron chi connectivity index (χ2n) is 3.95. The molecule has 19 heavy (non-hydrogen) atoms. The molecule has 1 aromatic heterocycles. The van der Waals surface area contributed by atoms with E-state index in [1.165, 1.54) is 24.4 Å². The number of ether oxygens (including phenoxy) is 1. The van der Waals surface area contributed by atoms with Gasteiger partial charge in [-0.05, 0) is 30.7 Å². The summed E-state index contributed by atoms with van der Waals surface area (Å²) in [6.45, 7) is -1.17. The Balaban J connectivity index is 2.39. The molecular formula is C14H11F2NO2. The number of rotatable bonds is 4. The number of ketones is 1. The fourth-order valence-corrected chi connectivity index (χ4v) is 1.69. The second kappa shape index (κ2) is 5.56. The van der Waals surface area contributed by atoms with Gasteiger partial charge in [-0.3, -0.25) is 9.78 Å². The summed E-state index contributed by atoms with van der Waals surface area (Å²) in [5.41, 5.74) is 1.25. The van der Waals surface area contributed by atoms with Crippen LogP contribution >= 0.6 is 0 Å². The fourth-order valence-electron chi connectivity index (χ4n) is 1.69. The molecule has 0 unspecified atom stereocenters. The molecule has 2 rings (SSSR count). The van der Waals surface area contributed by atoms with Crippen LogP contribution in [-0.4, -0.2) is 17.4 Å². The van der Waals surface area contributed by atoms with Gasteiger partial charge in [-0.1, -0.05) is 12.1 Å². The van der Waals surface area contributed by atoms with Crippen LogP contribution in [0.25, 0.3) is 0 Å². The van der Waals surface area contributed by atoms with Crippen LogP contribution in [0, 0.1) is 6.92 Å². The molecule has 0 aliphatic carbocycles. The number of alkyl halides is 2. The largest absolute Gasteiger partial charge is 0.434 e. The van der Waals surface area contributed by atoms with Gasteiger partial charge >= 0.3 is 6.61 Å². The number of halogens is 2. The van der Waals surface area contributed by atoms with E-state index in [4.69, 9.17) is 0 Å². The van der Waals surface area contributed by atoms with Gasteiger partial charge in [-0.15, -0.1) is 0 Å². The minimum absolute atomic E-state index is 0.0928. The summed E-state index contributed by atoms with van der Waals surface area (Å²) in [5, 5.41) is 0. The van der Waals surface area contributed by atoms with E-state index in [0.29, 0.717) is 5.56 Å². The normalized spacial score (nSPS) is 10.5. The topological polar surface area (TPSA) is 39.2 Å². The number of carbonyl (C=O) groups is 1. The lowest BCUT2D eigenvalue weighted by Gasteiger charge is -2.09. The van der Waals surface area contributed by atoms with Crippen molar-refractivity contribution in [2.75, 3.05) is 0 Å². The van der Waals surface area contributed by atoms with Gasteiger partial charge in [0.2, 0.25) is 0 Å². The number of hydrogen-bond acceptors (Lipinski definition) is 3. The Kier molecular flexibility index (Phi) is 3.85. The Bertz CT molecular complexity index is 600. The maximum absolute atomic E-state index is 12.3. The first-order valence-electron chi connectivity index (χ1n) is 5.58. The number of benzene rings is 1. The van der Waals surface area contributed by atoms with Crippen LogP contribution in [0.4, 0.5) is 8.78 Å². The van der Waals surface area contributed by atoms with Crippen molar-refractivity contribution in [2.24, 2.45) is 0 Å². The average molecular weight is 263 g/mol. The van der Waals surface area contributed by atoms with Crippen molar-refractivity contribution in [3.63, 3.8) is 0 Å². The monoisotopic (exact) mass is 263 g/mol. The Morgan fingerprint density at radius 2 is 2.00 bits per heavy atom. The number of pyridine rings is 1. The average Bonchev–Trinajstić information content (AvgIpc) is 2.38. The lowest BCUT2D eigenvalue weighted by atomic mass is 10.0. The van der Waals surface area contributed by atoms with E-state index in [-0.39, 0.29) is 11.3 Å². The Hall–Kier alpha value is -2.30.